The van der Waals surface area contributed by atoms with Crippen molar-refractivity contribution in [3.63, 3.8) is 0 Å². The number of ether oxygens (including phenoxy) is 1. The highest BCUT2D eigenvalue weighted by Crippen LogP contribution is 2.43. The molecule has 2 aromatic rings. The SMILES string of the molecule is COc1cc(C(=O)N2C[C@H]3C[C@@H](C2)[C@H](CCC(C)C)n2c3cccc2=O)ccn1. The number of pyridine rings is 2. The van der Waals surface area contributed by atoms with Crippen molar-refractivity contribution in [3.8, 4) is 5.88 Å². The Hall–Kier alpha value is -2.63. The minimum absolute atomic E-state index is 0.00902. The highest BCUT2D eigenvalue weighted by Gasteiger charge is 2.41. The van der Waals surface area contributed by atoms with Crippen LogP contribution in [0.5, 0.6) is 5.88 Å². The molecule has 0 saturated carbocycles. The van der Waals surface area contributed by atoms with E-state index in [0.717, 1.165) is 25.0 Å². The first-order valence-corrected chi connectivity index (χ1v) is 10.5. The number of methoxy groups -OCH3 is 1. The Morgan fingerprint density at radius 3 is 2.86 bits per heavy atom. The maximum atomic E-state index is 13.2. The summed E-state index contributed by atoms with van der Waals surface area (Å²) in [4.78, 5) is 32.0. The van der Waals surface area contributed by atoms with Gasteiger partial charge >= 0.3 is 0 Å². The topological polar surface area (TPSA) is 64.4 Å². The van der Waals surface area contributed by atoms with Crippen molar-refractivity contribution in [1.29, 1.82) is 0 Å². The van der Waals surface area contributed by atoms with Gasteiger partial charge < -0.3 is 14.2 Å². The highest BCUT2D eigenvalue weighted by molar-refractivity contribution is 5.94. The molecular weight excluding hydrogens is 366 g/mol. The maximum Gasteiger partial charge on any atom is 0.254 e. The summed E-state index contributed by atoms with van der Waals surface area (Å²) in [5.74, 6) is 1.54. The molecule has 0 N–H and O–H groups in total. The fraction of sp³-hybridized carbons (Fsp3) is 0.522. The molecule has 2 bridgehead atoms. The summed E-state index contributed by atoms with van der Waals surface area (Å²) in [7, 11) is 1.55. The van der Waals surface area contributed by atoms with Gasteiger partial charge in [0.05, 0.1) is 7.11 Å². The third-order valence-corrected chi connectivity index (χ3v) is 6.32. The lowest BCUT2D eigenvalue weighted by Gasteiger charge is -2.47. The summed E-state index contributed by atoms with van der Waals surface area (Å²) in [6.45, 7) is 5.76. The smallest absolute Gasteiger partial charge is 0.254 e. The van der Waals surface area contributed by atoms with Gasteiger partial charge in [-0.25, -0.2) is 4.98 Å². The van der Waals surface area contributed by atoms with Gasteiger partial charge in [0.15, 0.2) is 0 Å². The summed E-state index contributed by atoms with van der Waals surface area (Å²) in [6, 6.07) is 9.17. The third kappa shape index (κ3) is 3.80. The van der Waals surface area contributed by atoms with Crippen LogP contribution >= 0.6 is 0 Å². The van der Waals surface area contributed by atoms with Crippen molar-refractivity contribution < 1.29 is 9.53 Å². The molecule has 2 aromatic heterocycles. The molecule has 1 amide bonds. The van der Waals surface area contributed by atoms with Gasteiger partial charge in [-0.2, -0.15) is 0 Å². The molecular formula is C23H29N3O3. The van der Waals surface area contributed by atoms with Crippen molar-refractivity contribution >= 4 is 5.91 Å². The summed E-state index contributed by atoms with van der Waals surface area (Å²) >= 11 is 0. The number of piperidine rings is 1. The molecule has 2 aliphatic heterocycles. The zero-order valence-corrected chi connectivity index (χ0v) is 17.4. The van der Waals surface area contributed by atoms with Crippen LogP contribution in [-0.2, 0) is 0 Å². The predicted molar refractivity (Wildman–Crippen MR) is 111 cm³/mol. The Balaban J connectivity index is 1.65. The molecule has 0 unspecified atom stereocenters. The van der Waals surface area contributed by atoms with Crippen LogP contribution in [0.4, 0.5) is 0 Å². The Kier molecular flexibility index (Phi) is 5.43. The first kappa shape index (κ1) is 19.7. The number of hydrogen-bond acceptors (Lipinski definition) is 4. The first-order valence-electron chi connectivity index (χ1n) is 10.5. The Morgan fingerprint density at radius 2 is 2.10 bits per heavy atom. The normalized spacial score (nSPS) is 23.0. The molecule has 0 spiro atoms. The Bertz CT molecular complexity index is 952. The second-order valence-corrected chi connectivity index (χ2v) is 8.69. The average molecular weight is 396 g/mol. The van der Waals surface area contributed by atoms with Crippen LogP contribution in [0.25, 0.3) is 0 Å². The number of amides is 1. The summed E-state index contributed by atoms with van der Waals surface area (Å²) in [6.07, 6.45) is 4.69. The summed E-state index contributed by atoms with van der Waals surface area (Å²) in [5.41, 5.74) is 1.76. The largest absolute Gasteiger partial charge is 0.481 e. The zero-order valence-electron chi connectivity index (χ0n) is 17.4. The van der Waals surface area contributed by atoms with Gasteiger partial charge in [-0.3, -0.25) is 9.59 Å². The van der Waals surface area contributed by atoms with E-state index in [1.54, 1.807) is 31.5 Å². The molecule has 154 valence electrons. The van der Waals surface area contributed by atoms with Crippen molar-refractivity contribution in [2.75, 3.05) is 20.2 Å². The molecule has 0 aliphatic carbocycles. The van der Waals surface area contributed by atoms with Crippen LogP contribution in [0, 0.1) is 11.8 Å². The number of hydrogen-bond donors (Lipinski definition) is 0. The van der Waals surface area contributed by atoms with Gasteiger partial charge in [-0.1, -0.05) is 19.9 Å². The molecule has 0 aromatic carbocycles. The minimum atomic E-state index is 0.00902. The van der Waals surface area contributed by atoms with Crippen molar-refractivity contribution in [2.45, 2.75) is 45.1 Å². The van der Waals surface area contributed by atoms with E-state index in [1.165, 1.54) is 0 Å². The zero-order chi connectivity index (χ0) is 20.5. The van der Waals surface area contributed by atoms with E-state index in [2.05, 4.69) is 24.9 Å². The van der Waals surface area contributed by atoms with Gasteiger partial charge in [-0.15, -0.1) is 0 Å². The number of fused-ring (bicyclic) bond motifs is 4. The number of carbonyl (C=O) groups is 1. The van der Waals surface area contributed by atoms with E-state index < -0.39 is 0 Å². The first-order chi connectivity index (χ1) is 14.0. The molecule has 4 heterocycles. The van der Waals surface area contributed by atoms with E-state index in [0.29, 0.717) is 36.4 Å². The molecule has 2 aliphatic rings. The van der Waals surface area contributed by atoms with Crippen molar-refractivity contribution in [1.82, 2.24) is 14.5 Å². The number of nitrogens with zero attached hydrogens (tertiary/aromatic N) is 3. The number of aromatic nitrogens is 2. The van der Waals surface area contributed by atoms with Crippen LogP contribution in [0.2, 0.25) is 0 Å². The van der Waals surface area contributed by atoms with E-state index in [1.807, 2.05) is 15.5 Å². The lowest BCUT2D eigenvalue weighted by Crippen LogP contribution is -2.51. The molecule has 6 nitrogen and oxygen atoms in total. The quantitative estimate of drug-likeness (QED) is 0.777. The van der Waals surface area contributed by atoms with E-state index >= 15 is 0 Å². The Labute approximate surface area is 171 Å². The molecule has 6 heteroatoms. The van der Waals surface area contributed by atoms with Crippen LogP contribution in [0.15, 0.2) is 41.3 Å². The molecule has 0 radical (unpaired) electrons. The average Bonchev–Trinajstić information content (AvgIpc) is 2.73. The second kappa shape index (κ2) is 8.01. The van der Waals surface area contributed by atoms with E-state index in [4.69, 9.17) is 4.74 Å². The van der Waals surface area contributed by atoms with Crippen LogP contribution in [0.1, 0.15) is 61.1 Å². The number of rotatable bonds is 5. The minimum Gasteiger partial charge on any atom is -0.481 e. The van der Waals surface area contributed by atoms with Gasteiger partial charge in [0.25, 0.3) is 11.5 Å². The van der Waals surface area contributed by atoms with Gasteiger partial charge in [0.1, 0.15) is 0 Å². The lowest BCUT2D eigenvalue weighted by molar-refractivity contribution is 0.0513. The number of likely N-dealkylation sites (tertiary alicyclic amines) is 1. The molecule has 1 saturated heterocycles. The molecule has 29 heavy (non-hydrogen) atoms. The molecule has 3 atom stereocenters. The van der Waals surface area contributed by atoms with Gasteiger partial charge in [0.2, 0.25) is 5.88 Å². The van der Waals surface area contributed by atoms with Gasteiger partial charge in [-0.05, 0) is 43.2 Å². The number of carbonyl (C=O) groups excluding carboxylic acids is 1. The van der Waals surface area contributed by atoms with Crippen molar-refractivity contribution in [3.05, 3.63) is 58.1 Å². The molecule has 1 fully saturated rings. The lowest BCUT2D eigenvalue weighted by atomic mass is 9.76. The fourth-order valence-corrected chi connectivity index (χ4v) is 4.92. The highest BCUT2D eigenvalue weighted by atomic mass is 16.5. The maximum absolute atomic E-state index is 13.2. The monoisotopic (exact) mass is 395 g/mol. The van der Waals surface area contributed by atoms with Crippen LogP contribution in [0.3, 0.4) is 0 Å². The Morgan fingerprint density at radius 1 is 1.28 bits per heavy atom. The fourth-order valence-electron chi connectivity index (χ4n) is 4.92. The second-order valence-electron chi connectivity index (χ2n) is 8.69. The summed E-state index contributed by atoms with van der Waals surface area (Å²) in [5, 5.41) is 0. The van der Waals surface area contributed by atoms with E-state index in [-0.39, 0.29) is 23.4 Å². The van der Waals surface area contributed by atoms with E-state index in [9.17, 15) is 9.59 Å². The third-order valence-electron chi connectivity index (χ3n) is 6.32. The van der Waals surface area contributed by atoms with Crippen LogP contribution in [-0.4, -0.2) is 40.6 Å². The standard InChI is InChI=1S/C23H29N3O3/c1-15(2)7-8-20-18-11-17(19-5-4-6-22(27)26(19)20)13-25(14-18)23(28)16-9-10-24-21(12-16)29-3/h4-6,9-10,12,15,17-18,20H,7-8,11,13-14H2,1-3H3/t17-,18+,20+/m1/s1. The van der Waals surface area contributed by atoms with Crippen LogP contribution < -0.4 is 10.3 Å². The van der Waals surface area contributed by atoms with Crippen molar-refractivity contribution in [2.24, 2.45) is 11.8 Å². The summed E-state index contributed by atoms with van der Waals surface area (Å²) < 4.78 is 7.20. The van der Waals surface area contributed by atoms with Gasteiger partial charge in [0, 0.05) is 54.6 Å². The molecule has 4 rings (SSSR count). The predicted octanol–water partition coefficient (Wildman–Crippen LogP) is 3.49.